The van der Waals surface area contributed by atoms with Gasteiger partial charge in [-0.2, -0.15) is 4.42 Å². The van der Waals surface area contributed by atoms with E-state index in [2.05, 4.69) is 0 Å². The van der Waals surface area contributed by atoms with Gasteiger partial charge in [-0.05, 0) is 0 Å². The van der Waals surface area contributed by atoms with Gasteiger partial charge >= 0.3 is 0 Å². The maximum Gasteiger partial charge on any atom is 0.244 e. The molecule has 0 radical (unpaired) electrons. The third-order valence-corrected chi connectivity index (χ3v) is 1.58. The molecule has 0 saturated carbocycles. The Morgan fingerprint density at radius 3 is 1.69 bits per heavy atom. The lowest BCUT2D eigenvalue weighted by molar-refractivity contribution is -0.132. The lowest BCUT2D eigenvalue weighted by Gasteiger charge is -1.96. The van der Waals surface area contributed by atoms with Crippen LogP contribution in [0.4, 0.5) is 0 Å². The molecule has 1 rings (SSSR count). The molecule has 6 heteroatoms. The molecule has 0 aromatic rings. The summed E-state index contributed by atoms with van der Waals surface area (Å²) in [6, 6.07) is 0. The number of hydrogen-bond donors (Lipinski definition) is 0. The Hall–Kier alpha value is -1.10. The second kappa shape index (κ2) is 5.53. The SMILES string of the molecule is CN(C)C=O.O=C1CCC(=O)N1Cl. The normalized spacial score (nSPS) is 15.2. The fourth-order valence-corrected chi connectivity index (χ4v) is 0.718. The summed E-state index contributed by atoms with van der Waals surface area (Å²) < 4.78 is 0.639. The second-order valence-corrected chi connectivity index (χ2v) is 2.98. The van der Waals surface area contributed by atoms with E-state index < -0.39 is 0 Å². The molecule has 0 aromatic carbocycles. The summed E-state index contributed by atoms with van der Waals surface area (Å²) in [4.78, 5) is 31.6. The number of rotatable bonds is 1. The van der Waals surface area contributed by atoms with Crippen molar-refractivity contribution >= 4 is 30.0 Å². The van der Waals surface area contributed by atoms with E-state index in [1.165, 1.54) is 4.90 Å². The maximum absolute atomic E-state index is 10.4. The molecule has 3 amide bonds. The first-order valence-corrected chi connectivity index (χ1v) is 3.96. The van der Waals surface area contributed by atoms with E-state index in [1.807, 2.05) is 0 Å². The number of amides is 3. The van der Waals surface area contributed by atoms with Gasteiger partial charge in [0.2, 0.25) is 18.2 Å². The van der Waals surface area contributed by atoms with Gasteiger partial charge in [0.05, 0.1) is 0 Å². The number of hydrogen-bond acceptors (Lipinski definition) is 3. The van der Waals surface area contributed by atoms with Crippen molar-refractivity contribution in [1.29, 1.82) is 0 Å². The molecule has 13 heavy (non-hydrogen) atoms. The Labute approximate surface area is 81.3 Å². The van der Waals surface area contributed by atoms with Crippen LogP contribution in [0.2, 0.25) is 0 Å². The van der Waals surface area contributed by atoms with Crippen LogP contribution < -0.4 is 0 Å². The van der Waals surface area contributed by atoms with Gasteiger partial charge in [0.15, 0.2) is 0 Å². The van der Waals surface area contributed by atoms with Crippen molar-refractivity contribution in [1.82, 2.24) is 9.32 Å². The van der Waals surface area contributed by atoms with Crippen molar-refractivity contribution in [2.75, 3.05) is 14.1 Å². The van der Waals surface area contributed by atoms with Crippen molar-refractivity contribution in [2.24, 2.45) is 0 Å². The van der Waals surface area contributed by atoms with E-state index in [1.54, 1.807) is 14.1 Å². The Kier molecular flexibility index (Phi) is 5.06. The Balaban J connectivity index is 0.000000252. The van der Waals surface area contributed by atoms with Gasteiger partial charge in [-0.15, -0.1) is 0 Å². The molecule has 0 bridgehead atoms. The zero-order valence-electron chi connectivity index (χ0n) is 7.49. The molecule has 0 aliphatic carbocycles. The van der Waals surface area contributed by atoms with Crippen LogP contribution in [-0.2, 0) is 14.4 Å². The highest BCUT2D eigenvalue weighted by atomic mass is 35.5. The first-order chi connectivity index (χ1) is 5.99. The molecule has 1 fully saturated rings. The standard InChI is InChI=1S/C4H4ClNO2.C3H7NO/c5-6-3(7)1-2-4(6)8;1-4(2)3-5/h1-2H2;3H,1-2H3. The van der Waals surface area contributed by atoms with Gasteiger partial charge in [-0.3, -0.25) is 14.4 Å². The molecule has 5 nitrogen and oxygen atoms in total. The summed E-state index contributed by atoms with van der Waals surface area (Å²) in [7, 11) is 3.38. The Morgan fingerprint density at radius 1 is 1.31 bits per heavy atom. The molecule has 74 valence electrons. The minimum atomic E-state index is -0.295. The van der Waals surface area contributed by atoms with E-state index in [0.29, 0.717) is 4.42 Å². The number of nitrogens with zero attached hydrogens (tertiary/aromatic N) is 2. The Morgan fingerprint density at radius 2 is 1.62 bits per heavy atom. The van der Waals surface area contributed by atoms with E-state index in [0.717, 1.165) is 6.41 Å². The number of halogens is 1. The number of carbonyl (C=O) groups is 3. The topological polar surface area (TPSA) is 57.7 Å². The van der Waals surface area contributed by atoms with Gasteiger partial charge in [0.1, 0.15) is 0 Å². The zero-order chi connectivity index (χ0) is 10.4. The monoisotopic (exact) mass is 206 g/mol. The van der Waals surface area contributed by atoms with Crippen LogP contribution in [-0.4, -0.2) is 41.6 Å². The fourth-order valence-electron chi connectivity index (χ4n) is 0.549. The minimum absolute atomic E-state index is 0.266. The van der Waals surface area contributed by atoms with Crippen molar-refractivity contribution in [3.8, 4) is 0 Å². The smallest absolute Gasteiger partial charge is 0.244 e. The lowest BCUT2D eigenvalue weighted by atomic mass is 10.4. The predicted molar refractivity (Wildman–Crippen MR) is 46.7 cm³/mol. The molecule has 0 aromatic heterocycles. The molecular formula is C7H11ClN2O3. The van der Waals surface area contributed by atoms with Gasteiger partial charge in [0, 0.05) is 38.7 Å². The molecule has 1 saturated heterocycles. The highest BCUT2D eigenvalue weighted by Crippen LogP contribution is 2.12. The largest absolute Gasteiger partial charge is 0.351 e. The van der Waals surface area contributed by atoms with E-state index in [9.17, 15) is 14.4 Å². The molecule has 1 aliphatic heterocycles. The van der Waals surface area contributed by atoms with E-state index in [-0.39, 0.29) is 24.7 Å². The first kappa shape index (κ1) is 11.9. The third kappa shape index (κ3) is 4.47. The maximum atomic E-state index is 10.4. The van der Waals surface area contributed by atoms with Crippen molar-refractivity contribution < 1.29 is 14.4 Å². The van der Waals surface area contributed by atoms with Crippen LogP contribution in [0, 0.1) is 0 Å². The van der Waals surface area contributed by atoms with Gasteiger partial charge in [-0.25, -0.2) is 0 Å². The lowest BCUT2D eigenvalue weighted by Crippen LogP contribution is -2.16. The molecule has 0 spiro atoms. The van der Waals surface area contributed by atoms with Crippen LogP contribution in [0.3, 0.4) is 0 Å². The van der Waals surface area contributed by atoms with Crippen LogP contribution in [0.15, 0.2) is 0 Å². The summed E-state index contributed by atoms with van der Waals surface area (Å²) in [5, 5.41) is 0. The van der Waals surface area contributed by atoms with Gasteiger partial charge in [0.25, 0.3) is 0 Å². The summed E-state index contributed by atoms with van der Waals surface area (Å²) in [5.74, 6) is -0.590. The summed E-state index contributed by atoms with van der Waals surface area (Å²) in [5.41, 5.74) is 0. The third-order valence-electron chi connectivity index (χ3n) is 1.20. The quantitative estimate of drug-likeness (QED) is 0.345. The van der Waals surface area contributed by atoms with Gasteiger partial charge < -0.3 is 4.90 Å². The molecule has 0 N–H and O–H groups in total. The van der Waals surface area contributed by atoms with Crippen LogP contribution in [0.25, 0.3) is 0 Å². The number of imide groups is 1. The van der Waals surface area contributed by atoms with Crippen LogP contribution in [0.1, 0.15) is 12.8 Å². The highest BCUT2D eigenvalue weighted by molar-refractivity contribution is 6.32. The van der Waals surface area contributed by atoms with Crippen LogP contribution >= 0.6 is 11.8 Å². The van der Waals surface area contributed by atoms with Gasteiger partial charge in [-0.1, -0.05) is 0 Å². The summed E-state index contributed by atoms with van der Waals surface area (Å²) >= 11 is 5.15. The minimum Gasteiger partial charge on any atom is -0.351 e. The molecule has 1 aliphatic rings. The second-order valence-electron chi connectivity index (χ2n) is 2.64. The summed E-state index contributed by atoms with van der Waals surface area (Å²) in [6.07, 6.45) is 1.28. The first-order valence-electron chi connectivity index (χ1n) is 3.62. The molecule has 0 unspecified atom stereocenters. The zero-order valence-corrected chi connectivity index (χ0v) is 8.24. The predicted octanol–water partition coefficient (Wildman–Crippen LogP) is -0.00640. The molecule has 1 heterocycles. The average Bonchev–Trinajstić information content (AvgIpc) is 2.37. The van der Waals surface area contributed by atoms with Crippen molar-refractivity contribution in [3.05, 3.63) is 0 Å². The van der Waals surface area contributed by atoms with E-state index in [4.69, 9.17) is 11.8 Å². The van der Waals surface area contributed by atoms with Crippen LogP contribution in [0.5, 0.6) is 0 Å². The van der Waals surface area contributed by atoms with E-state index >= 15 is 0 Å². The summed E-state index contributed by atoms with van der Waals surface area (Å²) in [6.45, 7) is 0. The molecule has 0 atom stereocenters. The average molecular weight is 207 g/mol. The fraction of sp³-hybridized carbons (Fsp3) is 0.571. The highest BCUT2D eigenvalue weighted by Gasteiger charge is 2.26. The number of carbonyl (C=O) groups excluding carboxylic acids is 3. The van der Waals surface area contributed by atoms with Crippen molar-refractivity contribution in [2.45, 2.75) is 12.8 Å². The molecular weight excluding hydrogens is 196 g/mol. The Bertz CT molecular complexity index is 202. The van der Waals surface area contributed by atoms with Crippen molar-refractivity contribution in [3.63, 3.8) is 0 Å².